The fourth-order valence-electron chi connectivity index (χ4n) is 3.13. The second-order valence-corrected chi connectivity index (χ2v) is 8.63. The van der Waals surface area contributed by atoms with Gasteiger partial charge in [0.05, 0.1) is 17.9 Å². The van der Waals surface area contributed by atoms with Gasteiger partial charge in [-0.15, -0.1) is 10.2 Å². The van der Waals surface area contributed by atoms with Crippen molar-refractivity contribution in [2.45, 2.75) is 62.6 Å². The van der Waals surface area contributed by atoms with Crippen LogP contribution < -0.4 is 11.1 Å². The summed E-state index contributed by atoms with van der Waals surface area (Å²) in [4.78, 5) is 23.8. The van der Waals surface area contributed by atoms with Gasteiger partial charge in [-0.25, -0.2) is 4.39 Å². The Morgan fingerprint density at radius 3 is 2.90 bits per heavy atom. The Hall–Kier alpha value is -2.46. The van der Waals surface area contributed by atoms with E-state index >= 15 is 0 Å². The maximum atomic E-state index is 13.7. The molecule has 8 nitrogen and oxygen atoms in total. The predicted octanol–water partition coefficient (Wildman–Crippen LogP) is 2.44. The summed E-state index contributed by atoms with van der Waals surface area (Å²) >= 11 is 1.26. The van der Waals surface area contributed by atoms with Gasteiger partial charge in [-0.3, -0.25) is 9.59 Å². The molecule has 0 spiro atoms. The molecule has 2 heterocycles. The maximum absolute atomic E-state index is 13.7. The van der Waals surface area contributed by atoms with Crippen LogP contribution in [0.25, 0.3) is 0 Å². The van der Waals surface area contributed by atoms with Crippen molar-refractivity contribution in [2.24, 2.45) is 5.73 Å². The number of rotatable bonds is 9. The van der Waals surface area contributed by atoms with Crippen molar-refractivity contribution >= 4 is 29.3 Å². The molecule has 3 N–H and O–H groups in total. The average Bonchev–Trinajstić information content (AvgIpc) is 3.34. The molecule has 0 saturated carbocycles. The van der Waals surface area contributed by atoms with Gasteiger partial charge < -0.3 is 20.4 Å². The van der Waals surface area contributed by atoms with Gasteiger partial charge in [0.25, 0.3) is 0 Å². The highest BCUT2D eigenvalue weighted by Gasteiger charge is 2.24. The van der Waals surface area contributed by atoms with E-state index < -0.39 is 11.2 Å². The minimum atomic E-state index is -0.495. The number of aryl methyl sites for hydroxylation is 2. The van der Waals surface area contributed by atoms with Crippen molar-refractivity contribution < 1.29 is 18.7 Å². The predicted molar refractivity (Wildman–Crippen MR) is 112 cm³/mol. The van der Waals surface area contributed by atoms with Crippen LogP contribution in [-0.2, 0) is 27.3 Å². The summed E-state index contributed by atoms with van der Waals surface area (Å²) < 4.78 is 21.4. The maximum Gasteiger partial charge on any atom is 0.237 e. The number of benzene rings is 1. The second kappa shape index (κ2) is 10.0. The fourth-order valence-corrected chi connectivity index (χ4v) is 4.00. The molecule has 1 aromatic carbocycles. The van der Waals surface area contributed by atoms with Gasteiger partial charge in [0.15, 0.2) is 5.16 Å². The normalized spacial score (nSPS) is 17.1. The largest absolute Gasteiger partial charge is 0.376 e. The van der Waals surface area contributed by atoms with Crippen molar-refractivity contribution in [3.05, 3.63) is 35.4 Å². The Balaban J connectivity index is 1.70. The van der Waals surface area contributed by atoms with Crippen molar-refractivity contribution in [2.75, 3.05) is 11.9 Å². The van der Waals surface area contributed by atoms with Gasteiger partial charge >= 0.3 is 0 Å². The zero-order valence-electron chi connectivity index (χ0n) is 17.1. The third kappa shape index (κ3) is 5.79. The number of hydrogen-bond acceptors (Lipinski definition) is 6. The number of primary amides is 1. The zero-order valence-corrected chi connectivity index (χ0v) is 17.9. The summed E-state index contributed by atoms with van der Waals surface area (Å²) in [5.74, 6) is -0.411. The fraction of sp³-hybridized carbons (Fsp3) is 0.500. The second-order valence-electron chi connectivity index (χ2n) is 7.32. The third-order valence-electron chi connectivity index (χ3n) is 4.89. The van der Waals surface area contributed by atoms with Crippen LogP contribution in [-0.4, -0.2) is 44.5 Å². The summed E-state index contributed by atoms with van der Waals surface area (Å²) in [6.45, 7) is 4.69. The summed E-state index contributed by atoms with van der Waals surface area (Å²) in [5.41, 5.74) is 6.18. The van der Waals surface area contributed by atoms with Gasteiger partial charge in [-0.05, 0) is 44.4 Å². The highest BCUT2D eigenvalue weighted by Crippen LogP contribution is 2.26. The zero-order chi connectivity index (χ0) is 21.7. The Morgan fingerprint density at radius 1 is 1.43 bits per heavy atom. The number of hydrogen-bond donors (Lipinski definition) is 2. The molecule has 0 aliphatic carbocycles. The Bertz CT molecular complexity index is 914. The highest BCUT2D eigenvalue weighted by atomic mass is 32.2. The number of nitrogens with two attached hydrogens (primary N) is 1. The standard InChI is InChI=1S/C20H26FN5O3S/c1-12-5-6-14(10-16(12)21)23-19(28)13(2)30-20-25-24-18(8-7-17(22)27)26(20)11-15-4-3-9-29-15/h5-6,10,13,15H,3-4,7-9,11H2,1-2H3,(H2,22,27)(H,23,28)/t13-,15+/m0/s1. The molecule has 1 saturated heterocycles. The number of anilines is 1. The molecule has 2 amide bonds. The molecule has 1 aromatic heterocycles. The highest BCUT2D eigenvalue weighted by molar-refractivity contribution is 8.00. The van der Waals surface area contributed by atoms with Gasteiger partial charge in [0, 0.05) is 25.1 Å². The van der Waals surface area contributed by atoms with E-state index in [2.05, 4.69) is 15.5 Å². The molecular formula is C20H26FN5O3S. The minimum absolute atomic E-state index is 0.0485. The summed E-state index contributed by atoms with van der Waals surface area (Å²) in [6, 6.07) is 4.58. The molecule has 0 bridgehead atoms. The Morgan fingerprint density at radius 2 is 2.23 bits per heavy atom. The summed E-state index contributed by atoms with van der Waals surface area (Å²) in [5, 5.41) is 11.2. The molecule has 10 heteroatoms. The number of carbonyl (C=O) groups is 2. The molecule has 1 fully saturated rings. The van der Waals surface area contributed by atoms with Crippen LogP contribution in [0.1, 0.15) is 37.6 Å². The van der Waals surface area contributed by atoms with Crippen LogP contribution >= 0.6 is 11.8 Å². The Labute approximate surface area is 178 Å². The molecule has 162 valence electrons. The molecule has 3 rings (SSSR count). The lowest BCUT2D eigenvalue weighted by Gasteiger charge is -2.16. The molecule has 1 aliphatic heterocycles. The SMILES string of the molecule is Cc1ccc(NC(=O)[C@H](C)Sc2nnc(CCC(N)=O)n2C[C@H]2CCCO2)cc1F. The first-order valence-electron chi connectivity index (χ1n) is 9.89. The number of carbonyl (C=O) groups excluding carboxylic acids is 2. The number of nitrogens with one attached hydrogen (secondary N) is 1. The first kappa shape index (κ1) is 22.2. The van der Waals surface area contributed by atoms with Gasteiger partial charge in [0.2, 0.25) is 11.8 Å². The van der Waals surface area contributed by atoms with Crippen LogP contribution in [0, 0.1) is 12.7 Å². The van der Waals surface area contributed by atoms with Gasteiger partial charge in [-0.2, -0.15) is 0 Å². The van der Waals surface area contributed by atoms with Crippen molar-refractivity contribution in [1.29, 1.82) is 0 Å². The molecule has 1 aliphatic rings. The first-order chi connectivity index (χ1) is 14.3. The smallest absolute Gasteiger partial charge is 0.237 e. The quantitative estimate of drug-likeness (QED) is 0.585. The van der Waals surface area contributed by atoms with E-state index in [4.69, 9.17) is 10.5 Å². The van der Waals surface area contributed by atoms with Crippen molar-refractivity contribution in [1.82, 2.24) is 14.8 Å². The monoisotopic (exact) mass is 435 g/mol. The number of thioether (sulfide) groups is 1. The van der Waals surface area contributed by atoms with E-state index in [1.54, 1.807) is 26.0 Å². The lowest BCUT2D eigenvalue weighted by Crippen LogP contribution is -2.24. The van der Waals surface area contributed by atoms with Crippen molar-refractivity contribution in [3.8, 4) is 0 Å². The molecular weight excluding hydrogens is 409 g/mol. The molecule has 0 radical (unpaired) electrons. The van der Waals surface area contributed by atoms with Crippen LogP contribution in [0.3, 0.4) is 0 Å². The number of amides is 2. The lowest BCUT2D eigenvalue weighted by molar-refractivity contribution is -0.118. The van der Waals surface area contributed by atoms with E-state index in [9.17, 15) is 14.0 Å². The van der Waals surface area contributed by atoms with Crippen molar-refractivity contribution in [3.63, 3.8) is 0 Å². The van der Waals surface area contributed by atoms with Gasteiger partial charge in [-0.1, -0.05) is 17.8 Å². The lowest BCUT2D eigenvalue weighted by atomic mass is 10.2. The van der Waals surface area contributed by atoms with E-state index in [-0.39, 0.29) is 24.2 Å². The summed E-state index contributed by atoms with van der Waals surface area (Å²) in [7, 11) is 0. The molecule has 2 atom stereocenters. The third-order valence-corrected chi connectivity index (χ3v) is 5.97. The number of aromatic nitrogens is 3. The molecule has 0 unspecified atom stereocenters. The van der Waals surface area contributed by atoms with Crippen LogP contribution in [0.15, 0.2) is 23.4 Å². The average molecular weight is 436 g/mol. The number of nitrogens with zero attached hydrogens (tertiary/aromatic N) is 3. The van der Waals surface area contributed by atoms with E-state index in [1.807, 2.05) is 4.57 Å². The van der Waals surface area contributed by atoms with Crippen LogP contribution in [0.4, 0.5) is 10.1 Å². The number of halogens is 1. The molecule has 30 heavy (non-hydrogen) atoms. The van der Waals surface area contributed by atoms with E-state index in [0.717, 1.165) is 19.4 Å². The summed E-state index contributed by atoms with van der Waals surface area (Å²) in [6.07, 6.45) is 2.53. The van der Waals surface area contributed by atoms with E-state index in [0.29, 0.717) is 35.2 Å². The molecule has 2 aromatic rings. The Kier molecular flexibility index (Phi) is 7.43. The van der Waals surface area contributed by atoms with Crippen LogP contribution in [0.5, 0.6) is 0 Å². The topological polar surface area (TPSA) is 112 Å². The number of ether oxygens (including phenoxy) is 1. The van der Waals surface area contributed by atoms with Gasteiger partial charge in [0.1, 0.15) is 11.6 Å². The minimum Gasteiger partial charge on any atom is -0.376 e. The van der Waals surface area contributed by atoms with Crippen LogP contribution in [0.2, 0.25) is 0 Å². The first-order valence-corrected chi connectivity index (χ1v) is 10.8. The van der Waals surface area contributed by atoms with E-state index in [1.165, 1.54) is 17.8 Å².